The molecule has 0 aliphatic heterocycles. The van der Waals surface area contributed by atoms with Gasteiger partial charge in [-0.15, -0.1) is 11.3 Å². The molecular formula is C25H27N3O3S. The standard InChI is InChI=1S/C25H27N3O3S/c1-14(2)12-31-22-10-26-18(9-21(22)29)11-28-17(5)27-24-23(25(28)30)20(13-32-24)19-7-6-15(3)8-16(19)4/h6-10,13-14H,11-12H2,1-5H3,(H,26,29). The van der Waals surface area contributed by atoms with Gasteiger partial charge in [0.15, 0.2) is 5.75 Å². The zero-order valence-corrected chi connectivity index (χ0v) is 19.8. The molecule has 0 aliphatic carbocycles. The molecule has 3 aromatic heterocycles. The topological polar surface area (TPSA) is 77.0 Å². The van der Waals surface area contributed by atoms with E-state index in [2.05, 4.69) is 42.0 Å². The average Bonchev–Trinajstić information content (AvgIpc) is 3.14. The summed E-state index contributed by atoms with van der Waals surface area (Å²) in [5, 5.41) is 2.62. The molecule has 0 saturated carbocycles. The van der Waals surface area contributed by atoms with E-state index in [0.29, 0.717) is 29.4 Å². The van der Waals surface area contributed by atoms with Gasteiger partial charge in [-0.25, -0.2) is 4.98 Å². The van der Waals surface area contributed by atoms with Crippen LogP contribution < -0.4 is 15.7 Å². The quantitative estimate of drug-likeness (QED) is 0.458. The molecule has 4 rings (SSSR count). The number of hydrogen-bond donors (Lipinski definition) is 1. The fraction of sp³-hybridized carbons (Fsp3) is 0.320. The van der Waals surface area contributed by atoms with Gasteiger partial charge in [-0.05, 0) is 37.8 Å². The third kappa shape index (κ3) is 4.25. The second-order valence-corrected chi connectivity index (χ2v) is 9.45. The molecule has 7 heteroatoms. The molecule has 6 nitrogen and oxygen atoms in total. The van der Waals surface area contributed by atoms with Gasteiger partial charge in [-0.1, -0.05) is 37.6 Å². The van der Waals surface area contributed by atoms with E-state index in [0.717, 1.165) is 21.5 Å². The lowest BCUT2D eigenvalue weighted by Gasteiger charge is -2.12. The van der Waals surface area contributed by atoms with E-state index in [1.807, 2.05) is 26.2 Å². The van der Waals surface area contributed by atoms with Crippen LogP contribution in [0.15, 0.2) is 45.4 Å². The largest absolute Gasteiger partial charge is 0.488 e. The van der Waals surface area contributed by atoms with Gasteiger partial charge in [-0.2, -0.15) is 0 Å². The Bertz CT molecular complexity index is 1410. The summed E-state index contributed by atoms with van der Waals surface area (Å²) in [6, 6.07) is 7.72. The molecule has 0 radical (unpaired) electrons. The van der Waals surface area contributed by atoms with Crippen LogP contribution in [0, 0.1) is 26.7 Å². The summed E-state index contributed by atoms with van der Waals surface area (Å²) < 4.78 is 7.17. The van der Waals surface area contributed by atoms with Crippen LogP contribution in [0.3, 0.4) is 0 Å². The first-order chi connectivity index (χ1) is 15.2. The fourth-order valence-electron chi connectivity index (χ4n) is 3.76. The highest BCUT2D eigenvalue weighted by molar-refractivity contribution is 7.17. The normalized spacial score (nSPS) is 11.4. The monoisotopic (exact) mass is 449 g/mol. The zero-order valence-electron chi connectivity index (χ0n) is 19.0. The van der Waals surface area contributed by atoms with E-state index < -0.39 is 0 Å². The second kappa shape index (κ2) is 8.74. The molecule has 0 saturated heterocycles. The number of benzene rings is 1. The van der Waals surface area contributed by atoms with E-state index in [9.17, 15) is 9.59 Å². The molecule has 0 bridgehead atoms. The average molecular weight is 450 g/mol. The van der Waals surface area contributed by atoms with Crippen molar-refractivity contribution in [1.82, 2.24) is 14.5 Å². The summed E-state index contributed by atoms with van der Waals surface area (Å²) in [7, 11) is 0. The predicted molar refractivity (Wildman–Crippen MR) is 130 cm³/mol. The van der Waals surface area contributed by atoms with Crippen molar-refractivity contribution in [3.05, 3.63) is 79.1 Å². The summed E-state index contributed by atoms with van der Waals surface area (Å²) in [5.41, 5.74) is 4.56. The summed E-state index contributed by atoms with van der Waals surface area (Å²) in [4.78, 5) is 34.5. The Hall–Kier alpha value is -3.19. The lowest BCUT2D eigenvalue weighted by molar-refractivity contribution is 0.267. The van der Waals surface area contributed by atoms with Crippen molar-refractivity contribution in [2.24, 2.45) is 5.92 Å². The summed E-state index contributed by atoms with van der Waals surface area (Å²) in [6.45, 7) is 10.7. The smallest absolute Gasteiger partial charge is 0.263 e. The number of nitrogens with one attached hydrogen (secondary N) is 1. The molecule has 0 fully saturated rings. The highest BCUT2D eigenvalue weighted by Crippen LogP contribution is 2.33. The van der Waals surface area contributed by atoms with Crippen LogP contribution in [-0.2, 0) is 6.54 Å². The second-order valence-electron chi connectivity index (χ2n) is 8.59. The van der Waals surface area contributed by atoms with Gasteiger partial charge in [0.1, 0.15) is 10.7 Å². The number of aromatic amines is 1. The number of hydrogen-bond acceptors (Lipinski definition) is 5. The first kappa shape index (κ1) is 22.0. The molecule has 1 aromatic carbocycles. The van der Waals surface area contributed by atoms with Gasteiger partial charge in [0.05, 0.1) is 18.5 Å². The Labute approximate surface area is 190 Å². The molecular weight excluding hydrogens is 422 g/mol. The maximum atomic E-state index is 13.5. The molecule has 32 heavy (non-hydrogen) atoms. The minimum absolute atomic E-state index is 0.107. The van der Waals surface area contributed by atoms with E-state index >= 15 is 0 Å². The first-order valence-electron chi connectivity index (χ1n) is 10.6. The van der Waals surface area contributed by atoms with Crippen LogP contribution in [0.5, 0.6) is 5.75 Å². The van der Waals surface area contributed by atoms with Gasteiger partial charge < -0.3 is 9.72 Å². The molecule has 0 spiro atoms. The number of rotatable bonds is 6. The molecule has 1 N–H and O–H groups in total. The summed E-state index contributed by atoms with van der Waals surface area (Å²) in [6.07, 6.45) is 1.57. The molecule has 0 unspecified atom stereocenters. The number of fused-ring (bicyclic) bond motifs is 1. The van der Waals surface area contributed by atoms with Crippen LogP contribution >= 0.6 is 11.3 Å². The number of aryl methyl sites for hydroxylation is 3. The van der Waals surface area contributed by atoms with Gasteiger partial charge in [0.2, 0.25) is 5.43 Å². The van der Waals surface area contributed by atoms with E-state index in [1.54, 1.807) is 10.8 Å². The summed E-state index contributed by atoms with van der Waals surface area (Å²) >= 11 is 1.48. The number of pyridine rings is 1. The molecule has 0 amide bonds. The van der Waals surface area contributed by atoms with Crippen LogP contribution in [0.25, 0.3) is 21.3 Å². The number of thiophene rings is 1. The fourth-order valence-corrected chi connectivity index (χ4v) is 4.73. The SMILES string of the molecule is Cc1ccc(-c2csc3nc(C)n(Cc4cc(=O)c(OCC(C)C)c[nH]4)c(=O)c23)c(C)c1. The van der Waals surface area contributed by atoms with Gasteiger partial charge in [-0.3, -0.25) is 14.2 Å². The van der Waals surface area contributed by atoms with Crippen LogP contribution in [0.4, 0.5) is 0 Å². The van der Waals surface area contributed by atoms with Crippen molar-refractivity contribution in [2.45, 2.75) is 41.2 Å². The maximum absolute atomic E-state index is 13.5. The maximum Gasteiger partial charge on any atom is 0.263 e. The Balaban J connectivity index is 1.75. The van der Waals surface area contributed by atoms with Crippen molar-refractivity contribution in [3.8, 4) is 16.9 Å². The molecule has 4 aromatic rings. The summed E-state index contributed by atoms with van der Waals surface area (Å²) in [5.74, 6) is 1.22. The third-order valence-corrected chi connectivity index (χ3v) is 6.27. The van der Waals surface area contributed by atoms with E-state index in [1.165, 1.54) is 23.0 Å². The highest BCUT2D eigenvalue weighted by Gasteiger charge is 2.17. The van der Waals surface area contributed by atoms with Gasteiger partial charge >= 0.3 is 0 Å². The highest BCUT2D eigenvalue weighted by atomic mass is 32.1. The molecule has 0 aliphatic rings. The van der Waals surface area contributed by atoms with Crippen molar-refractivity contribution < 1.29 is 4.74 Å². The van der Waals surface area contributed by atoms with Gasteiger partial charge in [0.25, 0.3) is 5.56 Å². The number of ether oxygens (including phenoxy) is 1. The van der Waals surface area contributed by atoms with E-state index in [-0.39, 0.29) is 23.3 Å². The third-order valence-electron chi connectivity index (χ3n) is 5.39. The minimum Gasteiger partial charge on any atom is -0.488 e. The van der Waals surface area contributed by atoms with Crippen molar-refractivity contribution in [3.63, 3.8) is 0 Å². The van der Waals surface area contributed by atoms with Crippen LogP contribution in [0.2, 0.25) is 0 Å². The number of nitrogens with zero attached hydrogens (tertiary/aromatic N) is 2. The number of H-pyrrole nitrogens is 1. The Morgan fingerprint density at radius 1 is 1.12 bits per heavy atom. The van der Waals surface area contributed by atoms with Crippen LogP contribution in [-0.4, -0.2) is 21.1 Å². The van der Waals surface area contributed by atoms with Crippen molar-refractivity contribution in [1.29, 1.82) is 0 Å². The molecule has 0 atom stereocenters. The molecule has 3 heterocycles. The Kier molecular flexibility index (Phi) is 6.02. The van der Waals surface area contributed by atoms with Crippen LogP contribution in [0.1, 0.15) is 36.5 Å². The lowest BCUT2D eigenvalue weighted by atomic mass is 9.99. The number of aromatic nitrogens is 3. The van der Waals surface area contributed by atoms with E-state index in [4.69, 9.17) is 4.74 Å². The Morgan fingerprint density at radius 2 is 1.91 bits per heavy atom. The Morgan fingerprint density at radius 3 is 2.59 bits per heavy atom. The van der Waals surface area contributed by atoms with Crippen molar-refractivity contribution in [2.75, 3.05) is 6.61 Å². The predicted octanol–water partition coefficient (Wildman–Crippen LogP) is 4.82. The lowest BCUT2D eigenvalue weighted by Crippen LogP contribution is -2.25. The zero-order chi connectivity index (χ0) is 23.0. The van der Waals surface area contributed by atoms with Crippen molar-refractivity contribution >= 4 is 21.6 Å². The van der Waals surface area contributed by atoms with Gasteiger partial charge in [0, 0.05) is 28.9 Å². The first-order valence-corrected chi connectivity index (χ1v) is 11.5. The minimum atomic E-state index is -0.203. The molecule has 166 valence electrons.